The summed E-state index contributed by atoms with van der Waals surface area (Å²) in [5, 5.41) is 0.451. The Hall–Kier alpha value is -0.520. The Labute approximate surface area is 126 Å². The molecule has 1 fully saturated rings. The van der Waals surface area contributed by atoms with Gasteiger partial charge in [-0.05, 0) is 56.8 Å². The van der Waals surface area contributed by atoms with Crippen LogP contribution in [-0.4, -0.2) is 15.0 Å². The van der Waals surface area contributed by atoms with Crippen molar-refractivity contribution in [2.45, 2.75) is 18.8 Å². The summed E-state index contributed by atoms with van der Waals surface area (Å²) in [4.78, 5) is 13.1. The smallest absolute Gasteiger partial charge is 0.179 e. The SMILES string of the molecule is Clc1nc(-c2ccc(Br)cn2)nc(C2CC2)c1Br. The quantitative estimate of drug-likeness (QED) is 0.705. The van der Waals surface area contributed by atoms with Crippen molar-refractivity contribution >= 4 is 43.5 Å². The fourth-order valence-corrected chi connectivity index (χ4v) is 2.60. The first-order valence-corrected chi connectivity index (χ1v) is 7.46. The van der Waals surface area contributed by atoms with Crippen molar-refractivity contribution in [3.63, 3.8) is 0 Å². The second-order valence-electron chi connectivity index (χ2n) is 4.17. The molecular weight excluding hydrogens is 381 g/mol. The molecule has 0 amide bonds. The summed E-state index contributed by atoms with van der Waals surface area (Å²) in [7, 11) is 0. The molecule has 1 saturated carbocycles. The first-order chi connectivity index (χ1) is 8.65. The molecule has 3 rings (SSSR count). The molecule has 18 heavy (non-hydrogen) atoms. The van der Waals surface area contributed by atoms with Crippen LogP contribution in [-0.2, 0) is 0 Å². The molecule has 0 saturated heterocycles. The molecule has 0 N–H and O–H groups in total. The van der Waals surface area contributed by atoms with E-state index >= 15 is 0 Å². The first-order valence-electron chi connectivity index (χ1n) is 5.50. The van der Waals surface area contributed by atoms with Gasteiger partial charge < -0.3 is 0 Å². The molecule has 92 valence electrons. The number of nitrogens with zero attached hydrogens (tertiary/aromatic N) is 3. The van der Waals surface area contributed by atoms with Crippen LogP contribution in [0, 0.1) is 0 Å². The molecule has 3 nitrogen and oxygen atoms in total. The van der Waals surface area contributed by atoms with Crippen LogP contribution in [0.3, 0.4) is 0 Å². The maximum atomic E-state index is 6.14. The van der Waals surface area contributed by atoms with Crippen LogP contribution in [0.5, 0.6) is 0 Å². The molecule has 0 atom stereocenters. The highest BCUT2D eigenvalue weighted by Crippen LogP contribution is 2.44. The Morgan fingerprint density at radius 1 is 1.17 bits per heavy atom. The lowest BCUT2D eigenvalue weighted by Crippen LogP contribution is -1.98. The van der Waals surface area contributed by atoms with Crippen LogP contribution in [0.1, 0.15) is 24.5 Å². The van der Waals surface area contributed by atoms with Gasteiger partial charge in [0.05, 0.1) is 10.2 Å². The van der Waals surface area contributed by atoms with Gasteiger partial charge in [-0.2, -0.15) is 0 Å². The molecule has 0 aliphatic heterocycles. The van der Waals surface area contributed by atoms with E-state index < -0.39 is 0 Å². The van der Waals surface area contributed by atoms with E-state index in [0.29, 0.717) is 16.9 Å². The van der Waals surface area contributed by atoms with E-state index in [0.717, 1.165) is 20.3 Å². The monoisotopic (exact) mass is 387 g/mol. The van der Waals surface area contributed by atoms with E-state index in [4.69, 9.17) is 11.6 Å². The molecule has 0 unspecified atom stereocenters. The Morgan fingerprint density at radius 2 is 1.94 bits per heavy atom. The third-order valence-corrected chi connectivity index (χ3v) is 4.51. The van der Waals surface area contributed by atoms with E-state index in [1.54, 1.807) is 6.20 Å². The van der Waals surface area contributed by atoms with Gasteiger partial charge in [-0.3, -0.25) is 4.98 Å². The van der Waals surface area contributed by atoms with Crippen molar-refractivity contribution in [1.82, 2.24) is 15.0 Å². The van der Waals surface area contributed by atoms with Gasteiger partial charge in [-0.1, -0.05) is 11.6 Å². The molecular formula is C12H8Br2ClN3. The lowest BCUT2D eigenvalue weighted by Gasteiger charge is -2.06. The van der Waals surface area contributed by atoms with Crippen LogP contribution in [0.25, 0.3) is 11.5 Å². The second-order valence-corrected chi connectivity index (χ2v) is 6.24. The number of aromatic nitrogens is 3. The van der Waals surface area contributed by atoms with Gasteiger partial charge in [0, 0.05) is 16.6 Å². The standard InChI is InChI=1S/C12H8Br2ClN3/c13-7-3-4-8(16-5-7)12-17-10(6-1-2-6)9(14)11(15)18-12/h3-6H,1-2H2. The highest BCUT2D eigenvalue weighted by molar-refractivity contribution is 9.10. The minimum absolute atomic E-state index is 0.451. The van der Waals surface area contributed by atoms with Gasteiger partial charge >= 0.3 is 0 Å². The predicted molar refractivity (Wildman–Crippen MR) is 77.6 cm³/mol. The van der Waals surface area contributed by atoms with Crippen LogP contribution >= 0.6 is 43.5 Å². The average Bonchev–Trinajstić information content (AvgIpc) is 3.18. The molecule has 2 heterocycles. The van der Waals surface area contributed by atoms with Gasteiger partial charge in [0.15, 0.2) is 5.82 Å². The molecule has 1 aliphatic rings. The minimum atomic E-state index is 0.451. The normalized spacial score (nSPS) is 14.8. The van der Waals surface area contributed by atoms with E-state index in [-0.39, 0.29) is 0 Å². The summed E-state index contributed by atoms with van der Waals surface area (Å²) >= 11 is 12.9. The number of hydrogen-bond acceptors (Lipinski definition) is 3. The predicted octanol–water partition coefficient (Wildman–Crippen LogP) is 4.59. The lowest BCUT2D eigenvalue weighted by atomic mass is 10.2. The maximum absolute atomic E-state index is 6.14. The summed E-state index contributed by atoms with van der Waals surface area (Å²) in [5.74, 6) is 1.09. The highest BCUT2D eigenvalue weighted by atomic mass is 79.9. The molecule has 0 aromatic carbocycles. The summed E-state index contributed by atoms with van der Waals surface area (Å²) in [6, 6.07) is 3.79. The summed E-state index contributed by atoms with van der Waals surface area (Å²) in [5.41, 5.74) is 1.73. The van der Waals surface area contributed by atoms with E-state index in [2.05, 4.69) is 46.8 Å². The first kappa shape index (κ1) is 12.5. The Balaban J connectivity index is 2.09. The van der Waals surface area contributed by atoms with Crippen molar-refractivity contribution in [2.75, 3.05) is 0 Å². The third kappa shape index (κ3) is 2.44. The molecule has 2 aromatic heterocycles. The van der Waals surface area contributed by atoms with Crippen LogP contribution in [0.4, 0.5) is 0 Å². The van der Waals surface area contributed by atoms with Crippen molar-refractivity contribution in [1.29, 1.82) is 0 Å². The zero-order valence-electron chi connectivity index (χ0n) is 9.20. The van der Waals surface area contributed by atoms with Crippen molar-refractivity contribution in [3.05, 3.63) is 38.1 Å². The minimum Gasteiger partial charge on any atom is -0.252 e. The summed E-state index contributed by atoms with van der Waals surface area (Å²) < 4.78 is 1.74. The topological polar surface area (TPSA) is 38.7 Å². The molecule has 2 aromatic rings. The van der Waals surface area contributed by atoms with Gasteiger partial charge in [0.25, 0.3) is 0 Å². The van der Waals surface area contributed by atoms with Gasteiger partial charge in [0.2, 0.25) is 0 Å². The summed E-state index contributed by atoms with van der Waals surface area (Å²) in [6.45, 7) is 0. The molecule has 0 spiro atoms. The lowest BCUT2D eigenvalue weighted by molar-refractivity contribution is 0.973. The van der Waals surface area contributed by atoms with Crippen molar-refractivity contribution < 1.29 is 0 Å². The van der Waals surface area contributed by atoms with Crippen molar-refractivity contribution in [2.24, 2.45) is 0 Å². The van der Waals surface area contributed by atoms with E-state index in [9.17, 15) is 0 Å². The van der Waals surface area contributed by atoms with Crippen LogP contribution < -0.4 is 0 Å². The molecule has 6 heteroatoms. The summed E-state index contributed by atoms with van der Waals surface area (Å²) in [6.07, 6.45) is 4.06. The largest absolute Gasteiger partial charge is 0.252 e. The number of hydrogen-bond donors (Lipinski definition) is 0. The zero-order chi connectivity index (χ0) is 12.7. The number of halogens is 3. The Kier molecular flexibility index (Phi) is 3.38. The van der Waals surface area contributed by atoms with E-state index in [1.807, 2.05) is 12.1 Å². The number of pyridine rings is 1. The maximum Gasteiger partial charge on any atom is 0.179 e. The highest BCUT2D eigenvalue weighted by Gasteiger charge is 2.29. The fraction of sp³-hybridized carbons (Fsp3) is 0.250. The molecule has 0 bridgehead atoms. The van der Waals surface area contributed by atoms with E-state index in [1.165, 1.54) is 12.8 Å². The van der Waals surface area contributed by atoms with Gasteiger partial charge in [0.1, 0.15) is 10.8 Å². The molecule has 1 aliphatic carbocycles. The number of rotatable bonds is 2. The molecule has 0 radical (unpaired) electrons. The average molecular weight is 389 g/mol. The zero-order valence-corrected chi connectivity index (χ0v) is 13.1. The van der Waals surface area contributed by atoms with Gasteiger partial charge in [-0.25, -0.2) is 9.97 Å². The Morgan fingerprint density at radius 3 is 2.56 bits per heavy atom. The van der Waals surface area contributed by atoms with Crippen LogP contribution in [0.15, 0.2) is 27.3 Å². The second kappa shape index (κ2) is 4.87. The van der Waals surface area contributed by atoms with Crippen LogP contribution in [0.2, 0.25) is 5.15 Å². The Bertz CT molecular complexity index is 597. The third-order valence-electron chi connectivity index (χ3n) is 2.76. The van der Waals surface area contributed by atoms with Crippen molar-refractivity contribution in [3.8, 4) is 11.5 Å². The fourth-order valence-electron chi connectivity index (χ4n) is 1.69. The van der Waals surface area contributed by atoms with Gasteiger partial charge in [-0.15, -0.1) is 0 Å².